The number of benzene rings is 1. The molecule has 0 saturated carbocycles. The van der Waals surface area contributed by atoms with Crippen LogP contribution in [0.4, 0.5) is 10.5 Å². The van der Waals surface area contributed by atoms with Crippen molar-refractivity contribution in [3.05, 3.63) is 29.8 Å². The molecule has 0 aliphatic carbocycles. The third-order valence-electron chi connectivity index (χ3n) is 2.11. The van der Waals surface area contributed by atoms with E-state index in [4.69, 9.17) is 5.26 Å². The molecule has 1 rings (SSSR count). The number of nitrogens with one attached hydrogen (secondary N) is 2. The summed E-state index contributed by atoms with van der Waals surface area (Å²) in [5.74, 6) is 0. The molecule has 0 fully saturated rings. The van der Waals surface area contributed by atoms with E-state index in [0.29, 0.717) is 17.8 Å². The van der Waals surface area contributed by atoms with Gasteiger partial charge in [0.2, 0.25) is 0 Å². The molecule has 0 saturated heterocycles. The van der Waals surface area contributed by atoms with Gasteiger partial charge in [0.15, 0.2) is 0 Å². The van der Waals surface area contributed by atoms with E-state index < -0.39 is 0 Å². The summed E-state index contributed by atoms with van der Waals surface area (Å²) in [5, 5.41) is 14.2. The third kappa shape index (κ3) is 3.62. The van der Waals surface area contributed by atoms with Crippen molar-refractivity contribution in [1.82, 2.24) is 5.32 Å². The largest absolute Gasteiger partial charge is 0.338 e. The summed E-state index contributed by atoms with van der Waals surface area (Å²) in [6.45, 7) is 2.71. The Morgan fingerprint density at radius 3 is 2.88 bits per heavy atom. The first-order valence-corrected chi connectivity index (χ1v) is 5.32. The van der Waals surface area contributed by atoms with Gasteiger partial charge in [0.05, 0.1) is 11.3 Å². The smallest absolute Gasteiger partial charge is 0.319 e. The number of amides is 2. The van der Waals surface area contributed by atoms with Crippen LogP contribution in [0.2, 0.25) is 0 Å². The van der Waals surface area contributed by atoms with Gasteiger partial charge < -0.3 is 10.6 Å². The fourth-order valence-corrected chi connectivity index (χ4v) is 1.23. The molecule has 2 N–H and O–H groups in total. The summed E-state index contributed by atoms with van der Waals surface area (Å²) in [5.41, 5.74) is 1.01. The number of hydrogen-bond donors (Lipinski definition) is 2. The highest BCUT2D eigenvalue weighted by Crippen LogP contribution is 2.12. The van der Waals surface area contributed by atoms with Gasteiger partial charge in [0.25, 0.3) is 0 Å². The van der Waals surface area contributed by atoms with E-state index in [-0.39, 0.29) is 6.03 Å². The first-order valence-electron chi connectivity index (χ1n) is 5.32. The Kier molecular flexibility index (Phi) is 4.87. The minimum atomic E-state index is -0.267. The lowest BCUT2D eigenvalue weighted by molar-refractivity contribution is 0.252. The summed E-state index contributed by atoms with van der Waals surface area (Å²) in [7, 11) is 0. The maximum absolute atomic E-state index is 11.4. The van der Waals surface area contributed by atoms with Gasteiger partial charge in [-0.2, -0.15) is 5.26 Å². The molecule has 0 unspecified atom stereocenters. The highest BCUT2D eigenvalue weighted by Gasteiger charge is 2.04. The van der Waals surface area contributed by atoms with Crippen LogP contribution in [0.3, 0.4) is 0 Å². The number of nitriles is 1. The van der Waals surface area contributed by atoms with E-state index in [2.05, 4.69) is 17.6 Å². The van der Waals surface area contributed by atoms with Crippen LogP contribution in [0, 0.1) is 11.3 Å². The summed E-state index contributed by atoms with van der Waals surface area (Å²) in [4.78, 5) is 11.4. The van der Waals surface area contributed by atoms with Crippen molar-refractivity contribution in [1.29, 1.82) is 5.26 Å². The molecular formula is C12H15N3O. The first-order chi connectivity index (χ1) is 7.77. The quantitative estimate of drug-likeness (QED) is 0.761. The molecule has 0 aliphatic rings. The average molecular weight is 217 g/mol. The van der Waals surface area contributed by atoms with Crippen molar-refractivity contribution in [2.24, 2.45) is 0 Å². The maximum Gasteiger partial charge on any atom is 0.319 e. The molecule has 84 valence electrons. The molecule has 0 radical (unpaired) electrons. The zero-order valence-electron chi connectivity index (χ0n) is 9.29. The SMILES string of the molecule is CCCCNC(=O)Nc1ccccc1C#N. The monoisotopic (exact) mass is 217 g/mol. The van der Waals surface area contributed by atoms with Gasteiger partial charge in [-0.1, -0.05) is 25.5 Å². The van der Waals surface area contributed by atoms with E-state index in [1.165, 1.54) is 0 Å². The Balaban J connectivity index is 2.53. The summed E-state index contributed by atoms with van der Waals surface area (Å²) >= 11 is 0. The van der Waals surface area contributed by atoms with E-state index in [1.54, 1.807) is 24.3 Å². The fraction of sp³-hybridized carbons (Fsp3) is 0.333. The zero-order valence-corrected chi connectivity index (χ0v) is 9.29. The molecule has 16 heavy (non-hydrogen) atoms. The second kappa shape index (κ2) is 6.46. The summed E-state index contributed by atoms with van der Waals surface area (Å²) in [6.07, 6.45) is 1.99. The number of hydrogen-bond acceptors (Lipinski definition) is 2. The van der Waals surface area contributed by atoms with Gasteiger partial charge in [-0.3, -0.25) is 0 Å². The van der Waals surface area contributed by atoms with E-state index in [0.717, 1.165) is 12.8 Å². The molecule has 0 heterocycles. The standard InChI is InChI=1S/C12H15N3O/c1-2-3-8-14-12(16)15-11-7-5-4-6-10(11)9-13/h4-7H,2-3,8H2,1H3,(H2,14,15,16). The van der Waals surface area contributed by atoms with Crippen LogP contribution in [-0.2, 0) is 0 Å². The summed E-state index contributed by atoms with van der Waals surface area (Å²) < 4.78 is 0. The topological polar surface area (TPSA) is 64.9 Å². The van der Waals surface area contributed by atoms with Crippen LogP contribution in [0.15, 0.2) is 24.3 Å². The molecule has 0 bridgehead atoms. The van der Waals surface area contributed by atoms with E-state index in [1.807, 2.05) is 6.07 Å². The molecule has 0 aromatic heterocycles. The van der Waals surface area contributed by atoms with Crippen LogP contribution in [0.1, 0.15) is 25.3 Å². The number of carbonyl (C=O) groups excluding carboxylic acids is 1. The lowest BCUT2D eigenvalue weighted by Gasteiger charge is -2.07. The predicted molar refractivity (Wildman–Crippen MR) is 63.1 cm³/mol. The Hall–Kier alpha value is -2.02. The highest BCUT2D eigenvalue weighted by molar-refractivity contribution is 5.90. The highest BCUT2D eigenvalue weighted by atomic mass is 16.2. The lowest BCUT2D eigenvalue weighted by Crippen LogP contribution is -2.29. The van der Waals surface area contributed by atoms with Crippen molar-refractivity contribution in [3.8, 4) is 6.07 Å². The second-order valence-electron chi connectivity index (χ2n) is 3.39. The zero-order chi connectivity index (χ0) is 11.8. The average Bonchev–Trinajstić information content (AvgIpc) is 2.30. The Morgan fingerprint density at radius 2 is 2.19 bits per heavy atom. The Labute approximate surface area is 95.3 Å². The number of urea groups is 1. The lowest BCUT2D eigenvalue weighted by atomic mass is 10.2. The van der Waals surface area contributed by atoms with Gasteiger partial charge >= 0.3 is 6.03 Å². The van der Waals surface area contributed by atoms with Gasteiger partial charge in [-0.15, -0.1) is 0 Å². The van der Waals surface area contributed by atoms with E-state index >= 15 is 0 Å². The minimum absolute atomic E-state index is 0.267. The van der Waals surface area contributed by atoms with E-state index in [9.17, 15) is 4.79 Å². The number of rotatable bonds is 4. The van der Waals surface area contributed by atoms with Crippen molar-refractivity contribution in [2.75, 3.05) is 11.9 Å². The molecule has 2 amide bonds. The number of unbranched alkanes of at least 4 members (excludes halogenated alkanes) is 1. The van der Waals surface area contributed by atoms with Crippen molar-refractivity contribution < 1.29 is 4.79 Å². The third-order valence-corrected chi connectivity index (χ3v) is 2.11. The van der Waals surface area contributed by atoms with Gasteiger partial charge in [0, 0.05) is 6.54 Å². The molecule has 4 heteroatoms. The number of nitrogens with zero attached hydrogens (tertiary/aromatic N) is 1. The van der Waals surface area contributed by atoms with Crippen LogP contribution in [0.5, 0.6) is 0 Å². The van der Waals surface area contributed by atoms with Gasteiger partial charge in [0.1, 0.15) is 6.07 Å². The minimum Gasteiger partial charge on any atom is -0.338 e. The second-order valence-corrected chi connectivity index (χ2v) is 3.39. The molecule has 1 aromatic rings. The fourth-order valence-electron chi connectivity index (χ4n) is 1.23. The van der Waals surface area contributed by atoms with Crippen molar-refractivity contribution in [3.63, 3.8) is 0 Å². The molecule has 4 nitrogen and oxygen atoms in total. The molecule has 0 aliphatic heterocycles. The Morgan fingerprint density at radius 1 is 1.44 bits per heavy atom. The Bertz CT molecular complexity index is 395. The maximum atomic E-state index is 11.4. The van der Waals surface area contributed by atoms with Crippen molar-refractivity contribution >= 4 is 11.7 Å². The van der Waals surface area contributed by atoms with Gasteiger partial charge in [-0.25, -0.2) is 4.79 Å². The van der Waals surface area contributed by atoms with Gasteiger partial charge in [-0.05, 0) is 18.6 Å². The molecule has 0 atom stereocenters. The number of anilines is 1. The molecule has 1 aromatic carbocycles. The van der Waals surface area contributed by atoms with Crippen LogP contribution in [0.25, 0.3) is 0 Å². The number of para-hydroxylation sites is 1. The van der Waals surface area contributed by atoms with Crippen LogP contribution in [-0.4, -0.2) is 12.6 Å². The molecular weight excluding hydrogens is 202 g/mol. The van der Waals surface area contributed by atoms with Crippen molar-refractivity contribution in [2.45, 2.75) is 19.8 Å². The number of carbonyl (C=O) groups is 1. The first kappa shape index (κ1) is 12.1. The summed E-state index contributed by atoms with van der Waals surface area (Å²) in [6, 6.07) is 8.68. The van der Waals surface area contributed by atoms with Crippen LogP contribution < -0.4 is 10.6 Å². The predicted octanol–water partition coefficient (Wildman–Crippen LogP) is 2.48. The van der Waals surface area contributed by atoms with Crippen LogP contribution >= 0.6 is 0 Å². The molecule has 0 spiro atoms. The normalized spacial score (nSPS) is 9.25.